The maximum absolute atomic E-state index is 12.0. The lowest BCUT2D eigenvalue weighted by molar-refractivity contribution is -0.161. The SMILES string of the molecule is CCC(C)CCCCCCCCC(=O)OC[C@H](CO)OC(=O)CCCCCCCCC(C)CC. The van der Waals surface area contributed by atoms with Crippen LogP contribution in [0.1, 0.15) is 143 Å². The first-order valence-corrected chi connectivity index (χ1v) is 14.4. The van der Waals surface area contributed by atoms with Crippen molar-refractivity contribution in [2.45, 2.75) is 149 Å². The highest BCUT2D eigenvalue weighted by atomic mass is 16.6. The fraction of sp³-hybridized carbons (Fsp3) is 0.931. The van der Waals surface area contributed by atoms with Gasteiger partial charge >= 0.3 is 11.9 Å². The third kappa shape index (κ3) is 21.4. The summed E-state index contributed by atoms with van der Waals surface area (Å²) in [5.74, 6) is 1.06. The van der Waals surface area contributed by atoms with Crippen LogP contribution in [-0.2, 0) is 19.1 Å². The Labute approximate surface area is 210 Å². The van der Waals surface area contributed by atoms with Crippen LogP contribution in [0.3, 0.4) is 0 Å². The topological polar surface area (TPSA) is 72.8 Å². The lowest BCUT2D eigenvalue weighted by Crippen LogP contribution is -2.28. The molecule has 0 aromatic heterocycles. The molecule has 0 aliphatic rings. The Morgan fingerprint density at radius 1 is 0.647 bits per heavy atom. The lowest BCUT2D eigenvalue weighted by Gasteiger charge is -2.15. The molecule has 0 bridgehead atoms. The minimum Gasteiger partial charge on any atom is -0.462 e. The first kappa shape index (κ1) is 32.9. The second-order valence-corrected chi connectivity index (χ2v) is 10.3. The van der Waals surface area contributed by atoms with E-state index in [1.807, 2.05) is 0 Å². The number of aliphatic hydroxyl groups excluding tert-OH is 1. The number of carbonyl (C=O) groups is 2. The zero-order chi connectivity index (χ0) is 25.4. The average Bonchev–Trinajstić information content (AvgIpc) is 2.84. The van der Waals surface area contributed by atoms with Gasteiger partial charge in [-0.15, -0.1) is 0 Å². The van der Waals surface area contributed by atoms with E-state index in [0.29, 0.717) is 12.8 Å². The molecule has 5 heteroatoms. The maximum atomic E-state index is 12.0. The Morgan fingerprint density at radius 2 is 1.06 bits per heavy atom. The Kier molecular flexibility index (Phi) is 22.9. The van der Waals surface area contributed by atoms with Crippen molar-refractivity contribution in [3.8, 4) is 0 Å². The number of carbonyl (C=O) groups excluding carboxylic acids is 2. The molecule has 0 fully saturated rings. The molecule has 0 heterocycles. The van der Waals surface area contributed by atoms with Crippen molar-refractivity contribution in [3.05, 3.63) is 0 Å². The van der Waals surface area contributed by atoms with Gasteiger partial charge in [-0.1, -0.05) is 118 Å². The van der Waals surface area contributed by atoms with E-state index in [-0.39, 0.29) is 25.2 Å². The van der Waals surface area contributed by atoms with Gasteiger partial charge in [-0.3, -0.25) is 9.59 Å². The van der Waals surface area contributed by atoms with Gasteiger partial charge in [0, 0.05) is 12.8 Å². The molecule has 0 rings (SSSR count). The fourth-order valence-corrected chi connectivity index (χ4v) is 3.97. The van der Waals surface area contributed by atoms with Crippen LogP contribution in [0.4, 0.5) is 0 Å². The number of esters is 2. The number of hydrogen-bond acceptors (Lipinski definition) is 5. The smallest absolute Gasteiger partial charge is 0.306 e. The van der Waals surface area contributed by atoms with Crippen molar-refractivity contribution < 1.29 is 24.2 Å². The third-order valence-corrected chi connectivity index (χ3v) is 6.98. The number of aliphatic hydroxyl groups is 1. The van der Waals surface area contributed by atoms with Crippen LogP contribution >= 0.6 is 0 Å². The van der Waals surface area contributed by atoms with Gasteiger partial charge in [-0.25, -0.2) is 0 Å². The van der Waals surface area contributed by atoms with Crippen molar-refractivity contribution in [2.24, 2.45) is 11.8 Å². The quantitative estimate of drug-likeness (QED) is 0.112. The molecular formula is C29H56O5. The summed E-state index contributed by atoms with van der Waals surface area (Å²) >= 11 is 0. The van der Waals surface area contributed by atoms with Gasteiger partial charge in [0.05, 0.1) is 6.61 Å². The molecule has 0 radical (unpaired) electrons. The molecule has 0 aliphatic carbocycles. The van der Waals surface area contributed by atoms with Gasteiger partial charge in [0.25, 0.3) is 0 Å². The molecule has 3 atom stereocenters. The van der Waals surface area contributed by atoms with E-state index in [4.69, 9.17) is 9.47 Å². The van der Waals surface area contributed by atoms with Gasteiger partial charge in [0.2, 0.25) is 0 Å². The molecular weight excluding hydrogens is 428 g/mol. The molecule has 0 saturated heterocycles. The summed E-state index contributed by atoms with van der Waals surface area (Å²) in [6.07, 6.45) is 18.7. The zero-order valence-corrected chi connectivity index (χ0v) is 23.0. The third-order valence-electron chi connectivity index (χ3n) is 6.98. The largest absolute Gasteiger partial charge is 0.462 e. The summed E-state index contributed by atoms with van der Waals surface area (Å²) in [7, 11) is 0. The predicted octanol–water partition coefficient (Wildman–Crippen LogP) is 7.77. The molecule has 2 unspecified atom stereocenters. The minimum atomic E-state index is -0.762. The first-order valence-electron chi connectivity index (χ1n) is 14.4. The molecule has 1 N–H and O–H groups in total. The van der Waals surface area contributed by atoms with Crippen LogP contribution in [0.2, 0.25) is 0 Å². The van der Waals surface area contributed by atoms with Crippen LogP contribution < -0.4 is 0 Å². The van der Waals surface area contributed by atoms with Gasteiger partial charge < -0.3 is 14.6 Å². The van der Waals surface area contributed by atoms with Crippen LogP contribution in [0.15, 0.2) is 0 Å². The number of unbranched alkanes of at least 4 members (excludes halogenated alkanes) is 10. The van der Waals surface area contributed by atoms with Gasteiger partial charge in [0.1, 0.15) is 6.61 Å². The van der Waals surface area contributed by atoms with Crippen LogP contribution in [0.5, 0.6) is 0 Å². The molecule has 0 aliphatic heterocycles. The number of hydrogen-bond donors (Lipinski definition) is 1. The first-order chi connectivity index (χ1) is 16.4. The van der Waals surface area contributed by atoms with Crippen molar-refractivity contribution in [1.82, 2.24) is 0 Å². The molecule has 0 aromatic rings. The number of rotatable bonds is 24. The Bertz CT molecular complexity index is 479. The van der Waals surface area contributed by atoms with Gasteiger partial charge in [-0.2, -0.15) is 0 Å². The second kappa shape index (κ2) is 23.6. The normalized spacial score (nSPS) is 13.9. The molecule has 5 nitrogen and oxygen atoms in total. The summed E-state index contributed by atoms with van der Waals surface area (Å²) < 4.78 is 10.5. The number of ether oxygens (including phenoxy) is 2. The Morgan fingerprint density at radius 3 is 1.50 bits per heavy atom. The zero-order valence-electron chi connectivity index (χ0n) is 23.0. The van der Waals surface area contributed by atoms with Crippen molar-refractivity contribution >= 4 is 11.9 Å². The molecule has 202 valence electrons. The monoisotopic (exact) mass is 484 g/mol. The van der Waals surface area contributed by atoms with Gasteiger partial charge in [-0.05, 0) is 24.7 Å². The highest BCUT2D eigenvalue weighted by molar-refractivity contribution is 5.70. The fourth-order valence-electron chi connectivity index (χ4n) is 3.97. The summed E-state index contributed by atoms with van der Waals surface area (Å²) in [6, 6.07) is 0. The van der Waals surface area contributed by atoms with Crippen molar-refractivity contribution in [3.63, 3.8) is 0 Å². The molecule has 0 spiro atoms. The average molecular weight is 485 g/mol. The molecule has 0 amide bonds. The standard InChI is InChI=1S/C29H56O5/c1-5-25(3)19-15-11-7-9-13-17-21-28(31)33-24-27(23-30)34-29(32)22-18-14-10-8-12-16-20-26(4)6-2/h25-27,30H,5-24H2,1-4H3/t25?,26?,27-/m0/s1. The van der Waals surface area contributed by atoms with Crippen molar-refractivity contribution in [2.75, 3.05) is 13.2 Å². The van der Waals surface area contributed by atoms with E-state index in [0.717, 1.165) is 50.4 Å². The highest BCUT2D eigenvalue weighted by Gasteiger charge is 2.16. The van der Waals surface area contributed by atoms with E-state index in [1.165, 1.54) is 64.2 Å². The van der Waals surface area contributed by atoms with E-state index < -0.39 is 6.10 Å². The summed E-state index contributed by atoms with van der Waals surface area (Å²) in [5, 5.41) is 9.44. The second-order valence-electron chi connectivity index (χ2n) is 10.3. The molecule has 34 heavy (non-hydrogen) atoms. The Hall–Kier alpha value is -1.10. The van der Waals surface area contributed by atoms with Crippen molar-refractivity contribution in [1.29, 1.82) is 0 Å². The van der Waals surface area contributed by atoms with E-state index in [1.54, 1.807) is 0 Å². The highest BCUT2D eigenvalue weighted by Crippen LogP contribution is 2.16. The maximum Gasteiger partial charge on any atom is 0.306 e. The van der Waals surface area contributed by atoms with Gasteiger partial charge in [0.15, 0.2) is 6.10 Å². The summed E-state index contributed by atoms with van der Waals surface area (Å²) in [5.41, 5.74) is 0. The Balaban J connectivity index is 3.66. The van der Waals surface area contributed by atoms with Crippen LogP contribution in [0.25, 0.3) is 0 Å². The molecule has 0 saturated carbocycles. The van der Waals surface area contributed by atoms with Crippen LogP contribution in [0, 0.1) is 11.8 Å². The molecule has 0 aromatic carbocycles. The summed E-state index contributed by atoms with van der Waals surface area (Å²) in [4.78, 5) is 23.9. The van der Waals surface area contributed by atoms with E-state index in [2.05, 4.69) is 27.7 Å². The minimum absolute atomic E-state index is 0.0626. The van der Waals surface area contributed by atoms with Crippen LogP contribution in [-0.4, -0.2) is 36.4 Å². The van der Waals surface area contributed by atoms with E-state index >= 15 is 0 Å². The van der Waals surface area contributed by atoms with E-state index in [9.17, 15) is 14.7 Å². The predicted molar refractivity (Wildman–Crippen MR) is 141 cm³/mol. The lowest BCUT2D eigenvalue weighted by atomic mass is 10.00. The summed E-state index contributed by atoms with van der Waals surface area (Å²) in [6.45, 7) is 8.72.